The predicted octanol–water partition coefficient (Wildman–Crippen LogP) is 12.2. The number of aromatic nitrogens is 3. The number of ether oxygens (including phenoxy) is 2. The Hall–Kier alpha value is -7.40. The van der Waals surface area contributed by atoms with Crippen molar-refractivity contribution in [2.24, 2.45) is 0 Å². The lowest BCUT2D eigenvalue weighted by molar-refractivity contribution is -0.120. The molecule has 14 nitrogen and oxygen atoms in total. The fraction of sp³-hybridized carbons (Fsp3) is 0.463. The van der Waals surface area contributed by atoms with Crippen LogP contribution in [0.1, 0.15) is 216 Å². The first kappa shape index (κ1) is 60.7. The first-order valence-corrected chi connectivity index (χ1v) is 30.5. The number of nitrogens with one attached hydrogen (secondary N) is 6. The Labute approximate surface area is 497 Å². The van der Waals surface area contributed by atoms with Crippen molar-refractivity contribution < 1.29 is 37.0 Å². The molecule has 3 amide bonds. The van der Waals surface area contributed by atoms with Gasteiger partial charge < -0.3 is 40.4 Å². The molecule has 0 spiro atoms. The monoisotopic (exact) mass is 1180 g/mol. The maximum atomic E-state index is 14.5. The summed E-state index contributed by atoms with van der Waals surface area (Å²) < 4.78 is 49.3. The van der Waals surface area contributed by atoms with Gasteiger partial charge in [-0.2, -0.15) is 8.78 Å². The molecule has 3 aromatic heterocycles. The highest BCUT2D eigenvalue weighted by Crippen LogP contribution is 2.42. The molecule has 6 N–H and O–H groups in total. The van der Waals surface area contributed by atoms with E-state index in [1.54, 1.807) is 18.2 Å². The molecule has 6 aliphatic rings. The predicted molar refractivity (Wildman–Crippen MR) is 321 cm³/mol. The molecular formula is C67H76ClF3N6O8. The molecule has 85 heavy (non-hydrogen) atoms. The number of hydrogen-bond donors (Lipinski definition) is 6. The zero-order valence-corrected chi connectivity index (χ0v) is 49.4. The number of carbonyl (C=O) groups excluding carboxylic acids is 3. The number of carbonyl (C=O) groups is 3. The summed E-state index contributed by atoms with van der Waals surface area (Å²) in [7, 11) is 0. The van der Waals surface area contributed by atoms with E-state index >= 15 is 0 Å². The third-order valence-corrected chi connectivity index (χ3v) is 17.6. The van der Waals surface area contributed by atoms with Gasteiger partial charge in [0.05, 0.1) is 11.6 Å². The molecule has 3 saturated carbocycles. The van der Waals surface area contributed by atoms with E-state index in [2.05, 4.69) is 86.7 Å². The highest BCUT2D eigenvalue weighted by molar-refractivity contribution is 6.32. The van der Waals surface area contributed by atoms with Crippen LogP contribution in [0, 0.1) is 5.82 Å². The van der Waals surface area contributed by atoms with Gasteiger partial charge in [-0.05, 0) is 172 Å². The zero-order valence-electron chi connectivity index (χ0n) is 48.6. The Morgan fingerprint density at radius 2 is 0.882 bits per heavy atom. The Bertz CT molecular complexity index is 3570. The van der Waals surface area contributed by atoms with Gasteiger partial charge in [0.25, 0.3) is 16.7 Å². The lowest BCUT2D eigenvalue weighted by Crippen LogP contribution is -2.28. The summed E-state index contributed by atoms with van der Waals surface area (Å²) in [5, 5.41) is 9.07. The molecule has 3 aromatic carbocycles. The van der Waals surface area contributed by atoms with Crippen LogP contribution in [0.15, 0.2) is 111 Å². The lowest BCUT2D eigenvalue weighted by atomic mass is 9.83. The Morgan fingerprint density at radius 1 is 0.506 bits per heavy atom. The van der Waals surface area contributed by atoms with Gasteiger partial charge >= 0.3 is 6.61 Å². The average molecular weight is 1190 g/mol. The van der Waals surface area contributed by atoms with Crippen LogP contribution in [0.25, 0.3) is 0 Å². The molecule has 3 aliphatic carbocycles. The summed E-state index contributed by atoms with van der Waals surface area (Å²) in [6, 6.07) is 30.1. The van der Waals surface area contributed by atoms with Crippen molar-refractivity contribution in [3.05, 3.63) is 195 Å². The van der Waals surface area contributed by atoms with E-state index in [-0.39, 0.29) is 92.2 Å². The molecule has 450 valence electrons. The van der Waals surface area contributed by atoms with Gasteiger partial charge in [0, 0.05) is 88.9 Å². The van der Waals surface area contributed by atoms with Crippen molar-refractivity contribution in [3.8, 4) is 11.5 Å². The maximum absolute atomic E-state index is 14.5. The normalized spacial score (nSPS) is 20.3. The molecule has 3 unspecified atom stereocenters. The van der Waals surface area contributed by atoms with Crippen molar-refractivity contribution in [3.63, 3.8) is 0 Å². The SMILES string of the molecule is CC(C)(C)c1ccc(C(C[C@H]2CCC(=O)N2)c2ccc(C3CC3)c(=O)[nH]2)cc1.CCOc1ccc(C(C[C@H]2CCC(=O)N2)c2ccc(C3CC3)c(=O)[nH]2)cc1F.O=C1CC[C@H](CC(c2ccc(OC(F)F)c(Cl)c2)c2ccc(C3CC3)c(=O)[nH]2)N1. The van der Waals surface area contributed by atoms with Crippen molar-refractivity contribution in [2.45, 2.75) is 190 Å². The van der Waals surface area contributed by atoms with Gasteiger partial charge in [0.2, 0.25) is 17.7 Å². The van der Waals surface area contributed by atoms with Crippen molar-refractivity contribution in [1.29, 1.82) is 0 Å². The molecule has 12 rings (SSSR count). The van der Waals surface area contributed by atoms with Crippen LogP contribution in [0.2, 0.25) is 5.02 Å². The summed E-state index contributed by atoms with van der Waals surface area (Å²) in [6.45, 7) is 5.87. The number of amides is 3. The van der Waals surface area contributed by atoms with Gasteiger partial charge in [0.15, 0.2) is 11.6 Å². The minimum absolute atomic E-state index is 0.00467. The van der Waals surface area contributed by atoms with Gasteiger partial charge in [-0.25, -0.2) is 4.39 Å². The third-order valence-electron chi connectivity index (χ3n) is 17.3. The first-order valence-electron chi connectivity index (χ1n) is 30.1. The van der Waals surface area contributed by atoms with Gasteiger partial charge in [-0.1, -0.05) is 87.0 Å². The molecule has 18 heteroatoms. The van der Waals surface area contributed by atoms with Crippen LogP contribution < -0.4 is 42.1 Å². The van der Waals surface area contributed by atoms with E-state index in [0.717, 1.165) is 97.0 Å². The summed E-state index contributed by atoms with van der Waals surface area (Å²) in [5.41, 5.74) is 8.92. The van der Waals surface area contributed by atoms with Crippen LogP contribution in [0.5, 0.6) is 11.5 Å². The highest BCUT2D eigenvalue weighted by Gasteiger charge is 2.33. The number of aromatic amines is 3. The summed E-state index contributed by atoms with van der Waals surface area (Å²) in [5.74, 6) is 0.619. The van der Waals surface area contributed by atoms with Gasteiger partial charge in [-0.15, -0.1) is 0 Å². The Morgan fingerprint density at radius 3 is 1.20 bits per heavy atom. The molecule has 3 aliphatic heterocycles. The lowest BCUT2D eigenvalue weighted by Gasteiger charge is -2.24. The minimum atomic E-state index is -2.96. The van der Waals surface area contributed by atoms with E-state index in [9.17, 15) is 41.9 Å². The summed E-state index contributed by atoms with van der Waals surface area (Å²) in [4.78, 5) is 81.7. The maximum Gasteiger partial charge on any atom is 0.387 e. The average Bonchev–Trinajstić information content (AvgIpc) is 4.43. The Kier molecular flexibility index (Phi) is 18.9. The van der Waals surface area contributed by atoms with Crippen LogP contribution in [-0.4, -0.2) is 64.0 Å². The van der Waals surface area contributed by atoms with E-state index in [1.807, 2.05) is 43.3 Å². The number of halogens is 4. The number of benzene rings is 3. The number of H-pyrrole nitrogens is 3. The number of hydrogen-bond acceptors (Lipinski definition) is 8. The second-order valence-electron chi connectivity index (χ2n) is 24.8. The van der Waals surface area contributed by atoms with Gasteiger partial charge in [-0.3, -0.25) is 28.8 Å². The Balaban J connectivity index is 0.000000142. The second-order valence-corrected chi connectivity index (χ2v) is 25.2. The number of rotatable bonds is 19. The van der Waals surface area contributed by atoms with Crippen LogP contribution in [-0.2, 0) is 19.8 Å². The van der Waals surface area contributed by atoms with E-state index in [4.69, 9.17) is 16.3 Å². The molecule has 6 aromatic rings. The molecule has 6 atom stereocenters. The molecule has 0 radical (unpaired) electrons. The molecule has 0 bridgehead atoms. The molecule has 6 fully saturated rings. The first-order chi connectivity index (χ1) is 40.8. The second kappa shape index (κ2) is 26.5. The van der Waals surface area contributed by atoms with Crippen molar-refractivity contribution in [2.75, 3.05) is 6.61 Å². The smallest absolute Gasteiger partial charge is 0.387 e. The van der Waals surface area contributed by atoms with Crippen LogP contribution >= 0.6 is 11.6 Å². The van der Waals surface area contributed by atoms with Crippen molar-refractivity contribution >= 4 is 29.3 Å². The number of alkyl halides is 2. The standard InChI is InChI=1S/C24H30N2O2.C22H25FN2O3.C21H21ClF2N2O3/c1-24(2,3)17-8-6-16(7-9-17)20(14-18-10-13-22(27)25-18)21-12-11-19(15-4-5-15)23(28)26-21;1-2-28-20-9-5-14(11-18(20)23)17(12-15-6-10-21(26)24-15)19-8-7-16(13-3-4-13)22(27)25-19;22-16-9-12(3-7-18(16)29-21(23)24)15(10-13-4-8-19(27)25-13)17-6-5-14(11-1-2-11)20(28)26-17/h6-9,11-12,15,18,20H,4-5,10,13-14H2,1-3H3,(H,25,27)(H,26,28);5,7-9,11,13,15,17H,2-4,6,10,12H2,1H3,(H,24,26)(H,25,27);3,5-7,9,11,13,15,21H,1-2,4,8,10H2,(H,25,27)(H,26,28)/t18-,20?;15-,17?;13-,15?/m111/s1. The van der Waals surface area contributed by atoms with Crippen LogP contribution in [0.3, 0.4) is 0 Å². The minimum Gasteiger partial charge on any atom is -0.491 e. The molecular weight excluding hydrogens is 1110 g/mol. The zero-order chi connectivity index (χ0) is 60.1. The van der Waals surface area contributed by atoms with Crippen molar-refractivity contribution in [1.82, 2.24) is 30.9 Å². The van der Waals surface area contributed by atoms with E-state index < -0.39 is 12.4 Å². The van der Waals surface area contributed by atoms with Gasteiger partial charge in [0.1, 0.15) is 5.75 Å². The third kappa shape index (κ3) is 15.7. The summed E-state index contributed by atoms with van der Waals surface area (Å²) in [6.07, 6.45) is 12.3. The fourth-order valence-electron chi connectivity index (χ4n) is 12.1. The largest absolute Gasteiger partial charge is 0.491 e. The van der Waals surface area contributed by atoms with E-state index in [1.165, 1.54) is 23.3 Å². The van der Waals surface area contributed by atoms with E-state index in [0.29, 0.717) is 68.6 Å². The quantitative estimate of drug-likeness (QED) is 0.0459. The molecule has 6 heterocycles. The highest BCUT2D eigenvalue weighted by atomic mass is 35.5. The fourth-order valence-corrected chi connectivity index (χ4v) is 12.4. The summed E-state index contributed by atoms with van der Waals surface area (Å²) >= 11 is 6.15. The number of pyridine rings is 3. The van der Waals surface area contributed by atoms with Crippen LogP contribution in [0.4, 0.5) is 13.2 Å². The topological polar surface area (TPSA) is 204 Å². The molecule has 3 saturated heterocycles.